The highest BCUT2D eigenvalue weighted by atomic mass is 32.2. The van der Waals surface area contributed by atoms with Crippen LogP contribution in [0.4, 0.5) is 19.0 Å². The first-order valence-corrected chi connectivity index (χ1v) is 12.9. The van der Waals surface area contributed by atoms with Crippen molar-refractivity contribution >= 4 is 23.5 Å². The predicted octanol–water partition coefficient (Wildman–Crippen LogP) is 3.84. The van der Waals surface area contributed by atoms with Crippen molar-refractivity contribution < 1.29 is 22.7 Å². The average molecular weight is 510 g/mol. The standard InChI is InChI=1S/C24H30F3N5O2S/c1-2-31-9-11-32(12-10-31)21-14-20(24(25,26)27)29-23(30-21)35-16-17-5-7-18(8-6-17)22(33)28-15-19-4-3-13-34-19/h5-8,14,19H,2-4,9-13,15-16H2,1H3,(H,28,33). The fraction of sp³-hybridized carbons (Fsp3) is 0.542. The van der Waals surface area contributed by atoms with E-state index in [1.165, 1.54) is 0 Å². The Morgan fingerprint density at radius 3 is 2.54 bits per heavy atom. The maximum Gasteiger partial charge on any atom is 0.433 e. The molecule has 7 nitrogen and oxygen atoms in total. The van der Waals surface area contributed by atoms with Gasteiger partial charge in [0.2, 0.25) is 0 Å². The van der Waals surface area contributed by atoms with E-state index in [1.807, 2.05) is 4.90 Å². The molecule has 1 atom stereocenters. The van der Waals surface area contributed by atoms with Crippen molar-refractivity contribution in [3.8, 4) is 0 Å². The van der Waals surface area contributed by atoms with Crippen LogP contribution in [0.2, 0.25) is 0 Å². The average Bonchev–Trinajstić information content (AvgIpc) is 3.39. The molecule has 1 aromatic carbocycles. The van der Waals surface area contributed by atoms with Crippen LogP contribution in [0.15, 0.2) is 35.5 Å². The van der Waals surface area contributed by atoms with Crippen LogP contribution in [0, 0.1) is 0 Å². The zero-order valence-corrected chi connectivity index (χ0v) is 20.5. The third-order valence-corrected chi connectivity index (χ3v) is 7.14. The largest absolute Gasteiger partial charge is 0.433 e. The zero-order chi connectivity index (χ0) is 24.8. The van der Waals surface area contributed by atoms with E-state index in [-0.39, 0.29) is 17.2 Å². The summed E-state index contributed by atoms with van der Waals surface area (Å²) >= 11 is 1.15. The molecule has 0 aliphatic carbocycles. The molecule has 11 heteroatoms. The van der Waals surface area contributed by atoms with Crippen LogP contribution in [-0.2, 0) is 16.7 Å². The van der Waals surface area contributed by atoms with E-state index in [0.717, 1.165) is 62.5 Å². The highest BCUT2D eigenvalue weighted by molar-refractivity contribution is 7.98. The van der Waals surface area contributed by atoms with Crippen molar-refractivity contribution in [3.63, 3.8) is 0 Å². The quantitative estimate of drug-likeness (QED) is 0.428. The molecule has 0 spiro atoms. The number of thioether (sulfide) groups is 1. The van der Waals surface area contributed by atoms with Gasteiger partial charge in [-0.25, -0.2) is 9.97 Å². The molecule has 3 heterocycles. The van der Waals surface area contributed by atoms with Gasteiger partial charge in [-0.15, -0.1) is 0 Å². The topological polar surface area (TPSA) is 70.6 Å². The number of carbonyl (C=O) groups is 1. The Hall–Kier alpha value is -2.37. The van der Waals surface area contributed by atoms with Crippen LogP contribution in [0.25, 0.3) is 0 Å². The van der Waals surface area contributed by atoms with Crippen LogP contribution in [-0.4, -0.2) is 72.8 Å². The Balaban J connectivity index is 1.38. The van der Waals surface area contributed by atoms with Crippen molar-refractivity contribution in [2.75, 3.05) is 50.8 Å². The molecule has 0 radical (unpaired) electrons. The number of ether oxygens (including phenoxy) is 1. The molecular formula is C24H30F3N5O2S. The van der Waals surface area contributed by atoms with Gasteiger partial charge in [-0.3, -0.25) is 4.79 Å². The lowest BCUT2D eigenvalue weighted by atomic mass is 10.1. The van der Waals surface area contributed by atoms with E-state index in [2.05, 4.69) is 27.1 Å². The van der Waals surface area contributed by atoms with Gasteiger partial charge in [-0.2, -0.15) is 13.2 Å². The summed E-state index contributed by atoms with van der Waals surface area (Å²) in [6.45, 7) is 7.04. The van der Waals surface area contributed by atoms with Gasteiger partial charge >= 0.3 is 6.18 Å². The molecule has 35 heavy (non-hydrogen) atoms. The number of alkyl halides is 3. The first-order valence-electron chi connectivity index (χ1n) is 11.9. The molecule has 2 saturated heterocycles. The molecule has 2 aromatic rings. The minimum Gasteiger partial charge on any atom is -0.376 e. The third kappa shape index (κ3) is 7.08. The van der Waals surface area contributed by atoms with E-state index < -0.39 is 11.9 Å². The molecule has 1 aromatic heterocycles. The van der Waals surface area contributed by atoms with Crippen LogP contribution < -0.4 is 10.2 Å². The Morgan fingerprint density at radius 1 is 1.17 bits per heavy atom. The Labute approximate surface area is 207 Å². The van der Waals surface area contributed by atoms with Crippen molar-refractivity contribution in [1.82, 2.24) is 20.2 Å². The third-order valence-electron chi connectivity index (χ3n) is 6.22. The summed E-state index contributed by atoms with van der Waals surface area (Å²) in [4.78, 5) is 24.7. The summed E-state index contributed by atoms with van der Waals surface area (Å²) in [6, 6.07) is 8.06. The van der Waals surface area contributed by atoms with Gasteiger partial charge in [0.25, 0.3) is 5.91 Å². The van der Waals surface area contributed by atoms with Gasteiger partial charge in [0.15, 0.2) is 10.9 Å². The zero-order valence-electron chi connectivity index (χ0n) is 19.7. The molecule has 1 unspecified atom stereocenters. The van der Waals surface area contributed by atoms with Crippen molar-refractivity contribution in [1.29, 1.82) is 0 Å². The van der Waals surface area contributed by atoms with Crippen molar-refractivity contribution in [2.45, 2.75) is 43.0 Å². The second-order valence-electron chi connectivity index (χ2n) is 8.64. The lowest BCUT2D eigenvalue weighted by molar-refractivity contribution is -0.141. The van der Waals surface area contributed by atoms with Gasteiger partial charge in [0.1, 0.15) is 5.82 Å². The fourth-order valence-electron chi connectivity index (χ4n) is 4.09. The number of nitrogens with one attached hydrogen (secondary N) is 1. The minimum absolute atomic E-state index is 0.0718. The number of amides is 1. The summed E-state index contributed by atoms with van der Waals surface area (Å²) in [5.74, 6) is 0.528. The molecule has 0 saturated carbocycles. The number of piperazine rings is 1. The molecule has 2 aliphatic rings. The first kappa shape index (κ1) is 25.7. The Morgan fingerprint density at radius 2 is 1.91 bits per heavy atom. The molecular weight excluding hydrogens is 479 g/mol. The molecule has 0 bridgehead atoms. The lowest BCUT2D eigenvalue weighted by Gasteiger charge is -2.35. The van der Waals surface area contributed by atoms with Crippen LogP contribution in [0.5, 0.6) is 0 Å². The highest BCUT2D eigenvalue weighted by Crippen LogP contribution is 2.32. The van der Waals surface area contributed by atoms with E-state index >= 15 is 0 Å². The minimum atomic E-state index is -4.54. The number of anilines is 1. The second-order valence-corrected chi connectivity index (χ2v) is 9.59. The van der Waals surface area contributed by atoms with Gasteiger partial charge in [0.05, 0.1) is 6.10 Å². The van der Waals surface area contributed by atoms with E-state index in [1.54, 1.807) is 24.3 Å². The summed E-state index contributed by atoms with van der Waals surface area (Å²) in [7, 11) is 0. The van der Waals surface area contributed by atoms with Crippen LogP contribution in [0.3, 0.4) is 0 Å². The summed E-state index contributed by atoms with van der Waals surface area (Å²) in [6.07, 6.45) is -2.51. The highest BCUT2D eigenvalue weighted by Gasteiger charge is 2.34. The number of hydrogen-bond donors (Lipinski definition) is 1. The lowest BCUT2D eigenvalue weighted by Crippen LogP contribution is -2.46. The number of halogens is 3. The number of carbonyl (C=O) groups excluding carboxylic acids is 1. The van der Waals surface area contributed by atoms with Gasteiger partial charge < -0.3 is 19.9 Å². The molecule has 4 rings (SSSR count). The van der Waals surface area contributed by atoms with Crippen LogP contribution >= 0.6 is 11.8 Å². The SMILES string of the molecule is CCN1CCN(c2cc(C(F)(F)F)nc(SCc3ccc(C(=O)NCC4CCCO4)cc3)n2)CC1. The summed E-state index contributed by atoms with van der Waals surface area (Å²) < 4.78 is 46.0. The normalized spacial score (nSPS) is 19.2. The number of benzene rings is 1. The molecule has 190 valence electrons. The fourth-order valence-corrected chi connectivity index (χ4v) is 4.90. The van der Waals surface area contributed by atoms with Crippen molar-refractivity contribution in [3.05, 3.63) is 47.2 Å². The molecule has 2 fully saturated rings. The van der Waals surface area contributed by atoms with Gasteiger partial charge in [0, 0.05) is 56.7 Å². The number of hydrogen-bond acceptors (Lipinski definition) is 7. The Bertz CT molecular complexity index is 992. The molecule has 1 amide bonds. The van der Waals surface area contributed by atoms with E-state index in [4.69, 9.17) is 4.74 Å². The maximum absolute atomic E-state index is 13.5. The smallest absolute Gasteiger partial charge is 0.376 e. The Kier molecular flexibility index (Phi) is 8.51. The number of likely N-dealkylation sites (N-methyl/N-ethyl adjacent to an activating group) is 1. The monoisotopic (exact) mass is 509 g/mol. The summed E-state index contributed by atoms with van der Waals surface area (Å²) in [5, 5.41) is 2.97. The summed E-state index contributed by atoms with van der Waals surface area (Å²) in [5.41, 5.74) is 0.464. The number of aromatic nitrogens is 2. The second kappa shape index (κ2) is 11.6. The van der Waals surface area contributed by atoms with E-state index in [0.29, 0.717) is 36.8 Å². The van der Waals surface area contributed by atoms with Crippen molar-refractivity contribution in [2.24, 2.45) is 0 Å². The van der Waals surface area contributed by atoms with E-state index in [9.17, 15) is 18.0 Å². The van der Waals surface area contributed by atoms with Gasteiger partial charge in [-0.1, -0.05) is 30.8 Å². The molecule has 1 N–H and O–H groups in total. The number of nitrogens with zero attached hydrogens (tertiary/aromatic N) is 4. The van der Waals surface area contributed by atoms with Crippen LogP contribution in [0.1, 0.15) is 41.4 Å². The predicted molar refractivity (Wildman–Crippen MR) is 129 cm³/mol. The first-order chi connectivity index (χ1) is 16.8. The molecule has 2 aliphatic heterocycles. The maximum atomic E-state index is 13.5. The number of rotatable bonds is 8. The van der Waals surface area contributed by atoms with Gasteiger partial charge in [-0.05, 0) is 37.1 Å².